The lowest BCUT2D eigenvalue weighted by atomic mass is 10.2. The lowest BCUT2D eigenvalue weighted by Crippen LogP contribution is -2.32. The number of likely N-dealkylation sites (N-methyl/N-ethyl adjacent to an activating group) is 1. The second-order valence-corrected chi connectivity index (χ2v) is 5.71. The quantitative estimate of drug-likeness (QED) is 0.941. The molecule has 0 fully saturated rings. The highest BCUT2D eigenvalue weighted by Gasteiger charge is 2.20. The van der Waals surface area contributed by atoms with Gasteiger partial charge >= 0.3 is 0 Å². The number of aliphatic hydroxyl groups excluding tert-OH is 1. The Morgan fingerprint density at radius 3 is 2.78 bits per heavy atom. The average Bonchev–Trinajstić information content (AvgIpc) is 2.66. The van der Waals surface area contributed by atoms with Crippen molar-refractivity contribution < 1.29 is 9.90 Å². The lowest BCUT2D eigenvalue weighted by Gasteiger charge is -2.17. The van der Waals surface area contributed by atoms with E-state index in [9.17, 15) is 9.90 Å². The molecule has 0 spiro atoms. The molecule has 1 aromatic carbocycles. The molecule has 0 saturated heterocycles. The molecule has 1 unspecified atom stereocenters. The van der Waals surface area contributed by atoms with Crippen molar-refractivity contribution in [2.45, 2.75) is 13.0 Å². The molecule has 0 aliphatic carbocycles. The Bertz CT molecular complexity index is 579. The first kappa shape index (κ1) is 13.3. The normalized spacial score (nSPS) is 12.7. The van der Waals surface area contributed by atoms with Crippen LogP contribution in [0.2, 0.25) is 5.02 Å². The van der Waals surface area contributed by atoms with Crippen LogP contribution in [0.4, 0.5) is 0 Å². The molecule has 0 aliphatic heterocycles. The Kier molecular flexibility index (Phi) is 3.90. The Morgan fingerprint density at radius 2 is 2.17 bits per heavy atom. The van der Waals surface area contributed by atoms with Crippen molar-refractivity contribution >= 4 is 38.9 Å². The number of nitrogens with zero attached hydrogens (tertiary/aromatic N) is 1. The van der Waals surface area contributed by atoms with Gasteiger partial charge in [0, 0.05) is 23.7 Å². The number of hydrogen-bond acceptors (Lipinski definition) is 3. The van der Waals surface area contributed by atoms with Gasteiger partial charge in [-0.25, -0.2) is 0 Å². The number of carbonyl (C=O) groups excluding carboxylic acids is 1. The van der Waals surface area contributed by atoms with Crippen LogP contribution in [0.3, 0.4) is 0 Å². The van der Waals surface area contributed by atoms with Crippen LogP contribution >= 0.6 is 22.9 Å². The van der Waals surface area contributed by atoms with Gasteiger partial charge in [-0.2, -0.15) is 0 Å². The van der Waals surface area contributed by atoms with Gasteiger partial charge in [0.25, 0.3) is 5.91 Å². The average molecular weight is 284 g/mol. The number of aliphatic hydroxyl groups is 1. The molecule has 1 aromatic heterocycles. The van der Waals surface area contributed by atoms with Gasteiger partial charge < -0.3 is 10.0 Å². The topological polar surface area (TPSA) is 40.5 Å². The molecule has 2 aromatic rings. The second-order valence-electron chi connectivity index (χ2n) is 4.28. The summed E-state index contributed by atoms with van der Waals surface area (Å²) in [6.45, 7) is 1.94. The Morgan fingerprint density at radius 1 is 1.50 bits per heavy atom. The van der Waals surface area contributed by atoms with Crippen LogP contribution in [-0.4, -0.2) is 35.6 Å². The fourth-order valence-electron chi connectivity index (χ4n) is 1.80. The summed E-state index contributed by atoms with van der Waals surface area (Å²) in [6, 6.07) is 7.66. The maximum atomic E-state index is 12.2. The smallest absolute Gasteiger partial charge is 0.265 e. The predicted molar refractivity (Wildman–Crippen MR) is 75.5 cm³/mol. The lowest BCUT2D eigenvalue weighted by molar-refractivity contribution is 0.0708. The minimum absolute atomic E-state index is 0.151. The standard InChI is InChI=1S/C13H14ClNO2S/c1-8(16)7-15(2)13(17)12-11(14)9-5-3-4-6-10(9)18-12/h3-6,8,16H,7H2,1-2H3. The first-order valence-electron chi connectivity index (χ1n) is 5.61. The molecule has 0 radical (unpaired) electrons. The fourth-order valence-corrected chi connectivity index (χ4v) is 3.31. The molecule has 0 aliphatic rings. The summed E-state index contributed by atoms with van der Waals surface area (Å²) >= 11 is 7.62. The van der Waals surface area contributed by atoms with Crippen molar-refractivity contribution in [1.82, 2.24) is 4.90 Å². The highest BCUT2D eigenvalue weighted by Crippen LogP contribution is 2.35. The van der Waals surface area contributed by atoms with E-state index in [0.29, 0.717) is 16.4 Å². The molecule has 5 heteroatoms. The zero-order valence-electron chi connectivity index (χ0n) is 10.2. The van der Waals surface area contributed by atoms with Gasteiger partial charge in [0.1, 0.15) is 4.88 Å². The number of rotatable bonds is 3. The third kappa shape index (κ3) is 2.51. The summed E-state index contributed by atoms with van der Waals surface area (Å²) < 4.78 is 0.997. The van der Waals surface area contributed by atoms with E-state index in [1.807, 2.05) is 24.3 Å². The van der Waals surface area contributed by atoms with Crippen LogP contribution in [0.5, 0.6) is 0 Å². The molecule has 2 rings (SSSR count). The van der Waals surface area contributed by atoms with Crippen LogP contribution in [-0.2, 0) is 0 Å². The van der Waals surface area contributed by atoms with Gasteiger partial charge in [-0.05, 0) is 13.0 Å². The molecule has 1 heterocycles. The Labute approximate surface area is 115 Å². The molecule has 3 nitrogen and oxygen atoms in total. The summed E-state index contributed by atoms with van der Waals surface area (Å²) in [5.41, 5.74) is 0. The van der Waals surface area contributed by atoms with Crippen molar-refractivity contribution in [2.24, 2.45) is 0 Å². The van der Waals surface area contributed by atoms with E-state index in [1.54, 1.807) is 14.0 Å². The van der Waals surface area contributed by atoms with Crippen LogP contribution in [0.1, 0.15) is 16.6 Å². The highest BCUT2D eigenvalue weighted by atomic mass is 35.5. The van der Waals surface area contributed by atoms with Crippen LogP contribution in [0.15, 0.2) is 24.3 Å². The van der Waals surface area contributed by atoms with Crippen LogP contribution in [0.25, 0.3) is 10.1 Å². The summed E-state index contributed by atoms with van der Waals surface area (Å²) in [4.78, 5) is 14.2. The zero-order chi connectivity index (χ0) is 13.3. The number of hydrogen-bond donors (Lipinski definition) is 1. The molecule has 1 amide bonds. The second kappa shape index (κ2) is 5.26. The molecule has 0 bridgehead atoms. The SMILES string of the molecule is CC(O)CN(C)C(=O)c1sc2ccccc2c1Cl. The van der Waals surface area contributed by atoms with Crippen LogP contribution in [0, 0.1) is 0 Å². The molecule has 1 N–H and O–H groups in total. The summed E-state index contributed by atoms with van der Waals surface area (Å²) in [6.07, 6.45) is -0.549. The van der Waals surface area contributed by atoms with Gasteiger partial charge in [0.2, 0.25) is 0 Å². The summed E-state index contributed by atoms with van der Waals surface area (Å²) in [5, 5.41) is 10.7. The molecular formula is C13H14ClNO2S. The Balaban J connectivity index is 2.36. The number of amides is 1. The number of thiophene rings is 1. The number of fused-ring (bicyclic) bond motifs is 1. The van der Waals surface area contributed by atoms with Gasteiger partial charge in [-0.15, -0.1) is 11.3 Å². The molecule has 18 heavy (non-hydrogen) atoms. The third-order valence-electron chi connectivity index (χ3n) is 2.61. The summed E-state index contributed by atoms with van der Waals surface area (Å²) in [5.74, 6) is -0.151. The van der Waals surface area contributed by atoms with E-state index in [1.165, 1.54) is 16.2 Å². The van der Waals surface area contributed by atoms with Gasteiger partial charge in [0.05, 0.1) is 11.1 Å². The first-order valence-corrected chi connectivity index (χ1v) is 6.80. The molecule has 1 atom stereocenters. The number of benzene rings is 1. The predicted octanol–water partition coefficient (Wildman–Crippen LogP) is 3.01. The van der Waals surface area contributed by atoms with E-state index in [-0.39, 0.29) is 5.91 Å². The van der Waals surface area contributed by atoms with E-state index >= 15 is 0 Å². The minimum atomic E-state index is -0.549. The molecule has 96 valence electrons. The van der Waals surface area contributed by atoms with Crippen molar-refractivity contribution in [3.05, 3.63) is 34.2 Å². The van der Waals surface area contributed by atoms with E-state index < -0.39 is 6.10 Å². The maximum absolute atomic E-state index is 12.2. The van der Waals surface area contributed by atoms with Crippen molar-refractivity contribution in [3.63, 3.8) is 0 Å². The maximum Gasteiger partial charge on any atom is 0.265 e. The van der Waals surface area contributed by atoms with Gasteiger partial charge in [0.15, 0.2) is 0 Å². The summed E-state index contributed by atoms with van der Waals surface area (Å²) in [7, 11) is 1.66. The van der Waals surface area contributed by atoms with Gasteiger partial charge in [-0.1, -0.05) is 29.8 Å². The number of carbonyl (C=O) groups is 1. The Hall–Kier alpha value is -1.10. The van der Waals surface area contributed by atoms with E-state index in [0.717, 1.165) is 10.1 Å². The first-order chi connectivity index (χ1) is 8.50. The monoisotopic (exact) mass is 283 g/mol. The van der Waals surface area contributed by atoms with E-state index in [2.05, 4.69) is 0 Å². The van der Waals surface area contributed by atoms with E-state index in [4.69, 9.17) is 11.6 Å². The third-order valence-corrected chi connectivity index (χ3v) is 4.28. The largest absolute Gasteiger partial charge is 0.392 e. The van der Waals surface area contributed by atoms with Crippen molar-refractivity contribution in [1.29, 1.82) is 0 Å². The van der Waals surface area contributed by atoms with Crippen LogP contribution < -0.4 is 0 Å². The number of halogens is 1. The zero-order valence-corrected chi connectivity index (χ0v) is 11.8. The van der Waals surface area contributed by atoms with Gasteiger partial charge in [-0.3, -0.25) is 4.79 Å². The minimum Gasteiger partial charge on any atom is -0.392 e. The molecular weight excluding hydrogens is 270 g/mol. The van der Waals surface area contributed by atoms with Crippen molar-refractivity contribution in [2.75, 3.05) is 13.6 Å². The fraction of sp³-hybridized carbons (Fsp3) is 0.308. The highest BCUT2D eigenvalue weighted by molar-refractivity contribution is 7.21. The molecule has 0 saturated carbocycles. The van der Waals surface area contributed by atoms with Crippen molar-refractivity contribution in [3.8, 4) is 0 Å².